The molecule has 1 amide bonds. The Labute approximate surface area is 127 Å². The molecule has 2 aromatic rings. The van der Waals surface area contributed by atoms with Gasteiger partial charge in [-0.15, -0.1) is 0 Å². The lowest BCUT2D eigenvalue weighted by Crippen LogP contribution is -2.26. The Morgan fingerprint density at radius 3 is 2.65 bits per heavy atom. The van der Waals surface area contributed by atoms with Crippen LogP contribution < -0.4 is 0 Å². The summed E-state index contributed by atoms with van der Waals surface area (Å²) in [6.45, 7) is 4.73. The van der Waals surface area contributed by atoms with Crippen molar-refractivity contribution < 1.29 is 4.79 Å². The molecule has 0 aliphatic carbocycles. The molecule has 0 bridgehead atoms. The minimum Gasteiger partial charge on any atom is -0.337 e. The third-order valence-electron chi connectivity index (χ3n) is 3.20. The van der Waals surface area contributed by atoms with Crippen LogP contribution in [0.25, 0.3) is 0 Å². The zero-order valence-electron chi connectivity index (χ0n) is 11.9. The molecule has 2 rings (SSSR count). The molecule has 1 aromatic heterocycles. The third-order valence-corrected chi connectivity index (χ3v) is 3.64. The average molecular weight is 333 g/mol. The summed E-state index contributed by atoms with van der Waals surface area (Å²) in [7, 11) is 1.81. The first-order valence-electron chi connectivity index (χ1n) is 6.39. The van der Waals surface area contributed by atoms with Gasteiger partial charge in [0.05, 0.1) is 5.56 Å². The highest BCUT2D eigenvalue weighted by molar-refractivity contribution is 9.10. The highest BCUT2D eigenvalue weighted by Gasteiger charge is 2.13. The quantitative estimate of drug-likeness (QED) is 0.857. The van der Waals surface area contributed by atoms with Gasteiger partial charge >= 0.3 is 0 Å². The van der Waals surface area contributed by atoms with Crippen LogP contribution in [0.5, 0.6) is 0 Å². The van der Waals surface area contributed by atoms with Gasteiger partial charge in [0.1, 0.15) is 0 Å². The van der Waals surface area contributed by atoms with Crippen molar-refractivity contribution in [3.8, 4) is 0 Å². The Kier molecular flexibility index (Phi) is 4.55. The molecule has 1 heterocycles. The predicted molar refractivity (Wildman–Crippen MR) is 83.7 cm³/mol. The van der Waals surface area contributed by atoms with Crippen molar-refractivity contribution >= 4 is 21.8 Å². The Hall–Kier alpha value is -1.68. The summed E-state index contributed by atoms with van der Waals surface area (Å²) >= 11 is 3.33. The lowest BCUT2D eigenvalue weighted by atomic mass is 10.1. The van der Waals surface area contributed by atoms with Crippen molar-refractivity contribution in [1.82, 2.24) is 9.88 Å². The first-order valence-corrected chi connectivity index (χ1v) is 7.19. The molecule has 3 nitrogen and oxygen atoms in total. The molecule has 0 aliphatic rings. The van der Waals surface area contributed by atoms with E-state index in [0.29, 0.717) is 12.1 Å². The molecule has 4 heteroatoms. The number of carbonyl (C=O) groups is 1. The fourth-order valence-electron chi connectivity index (χ4n) is 2.10. The van der Waals surface area contributed by atoms with E-state index < -0.39 is 0 Å². The average Bonchev–Trinajstić information content (AvgIpc) is 2.41. The van der Waals surface area contributed by atoms with Crippen molar-refractivity contribution in [2.75, 3.05) is 7.05 Å². The van der Waals surface area contributed by atoms with Crippen LogP contribution in [0.15, 0.2) is 41.1 Å². The Morgan fingerprint density at radius 2 is 2.00 bits per heavy atom. The van der Waals surface area contributed by atoms with Crippen molar-refractivity contribution in [3.05, 3.63) is 63.4 Å². The van der Waals surface area contributed by atoms with E-state index in [0.717, 1.165) is 10.0 Å². The normalized spacial score (nSPS) is 10.4. The van der Waals surface area contributed by atoms with Crippen LogP contribution in [-0.2, 0) is 6.54 Å². The molecule has 0 aliphatic heterocycles. The van der Waals surface area contributed by atoms with E-state index in [1.807, 2.05) is 7.05 Å². The summed E-state index contributed by atoms with van der Waals surface area (Å²) < 4.78 is 0.809. The SMILES string of the molecule is Cc1ccc(CN(C)C(=O)c2cncc(Br)c2)c(C)c1. The van der Waals surface area contributed by atoms with Gasteiger partial charge in [-0.2, -0.15) is 0 Å². The van der Waals surface area contributed by atoms with Gasteiger partial charge in [-0.3, -0.25) is 9.78 Å². The van der Waals surface area contributed by atoms with Gasteiger partial charge in [-0.1, -0.05) is 23.8 Å². The van der Waals surface area contributed by atoms with Crippen LogP contribution in [0.1, 0.15) is 27.0 Å². The maximum absolute atomic E-state index is 12.3. The summed E-state index contributed by atoms with van der Waals surface area (Å²) in [6.07, 6.45) is 3.26. The lowest BCUT2D eigenvalue weighted by molar-refractivity contribution is 0.0784. The Morgan fingerprint density at radius 1 is 1.25 bits per heavy atom. The lowest BCUT2D eigenvalue weighted by Gasteiger charge is -2.18. The van der Waals surface area contributed by atoms with Crippen molar-refractivity contribution in [1.29, 1.82) is 0 Å². The second-order valence-electron chi connectivity index (χ2n) is 4.98. The molecule has 0 radical (unpaired) electrons. The summed E-state index contributed by atoms with van der Waals surface area (Å²) in [5.41, 5.74) is 4.19. The number of amides is 1. The largest absolute Gasteiger partial charge is 0.337 e. The topological polar surface area (TPSA) is 33.2 Å². The molecule has 104 valence electrons. The van der Waals surface area contributed by atoms with Gasteiger partial charge in [-0.25, -0.2) is 0 Å². The van der Waals surface area contributed by atoms with Crippen molar-refractivity contribution in [2.45, 2.75) is 20.4 Å². The minimum atomic E-state index is -0.0289. The molecular formula is C16H17BrN2O. The molecule has 0 fully saturated rings. The smallest absolute Gasteiger partial charge is 0.255 e. The van der Waals surface area contributed by atoms with E-state index in [4.69, 9.17) is 0 Å². The number of carbonyl (C=O) groups excluding carboxylic acids is 1. The maximum Gasteiger partial charge on any atom is 0.255 e. The van der Waals surface area contributed by atoms with E-state index in [-0.39, 0.29) is 5.91 Å². The second-order valence-corrected chi connectivity index (χ2v) is 5.90. The van der Waals surface area contributed by atoms with Crippen LogP contribution >= 0.6 is 15.9 Å². The van der Waals surface area contributed by atoms with Crippen LogP contribution in [0.3, 0.4) is 0 Å². The van der Waals surface area contributed by atoms with Crippen LogP contribution in [0.4, 0.5) is 0 Å². The van der Waals surface area contributed by atoms with Gasteiger partial charge in [0.25, 0.3) is 5.91 Å². The first-order chi connectivity index (χ1) is 9.47. The number of nitrogens with zero attached hydrogens (tertiary/aromatic N) is 2. The number of halogens is 1. The van der Waals surface area contributed by atoms with Crippen LogP contribution in [0.2, 0.25) is 0 Å². The maximum atomic E-state index is 12.3. The zero-order valence-corrected chi connectivity index (χ0v) is 13.4. The van der Waals surface area contributed by atoms with Gasteiger partial charge in [0.2, 0.25) is 0 Å². The Bertz CT molecular complexity index is 640. The second kappa shape index (κ2) is 6.18. The Balaban J connectivity index is 2.15. The van der Waals surface area contributed by atoms with Crippen molar-refractivity contribution in [3.63, 3.8) is 0 Å². The highest BCUT2D eigenvalue weighted by Crippen LogP contribution is 2.15. The minimum absolute atomic E-state index is 0.0289. The van der Waals surface area contributed by atoms with Gasteiger partial charge in [0, 0.05) is 30.5 Å². The summed E-state index contributed by atoms with van der Waals surface area (Å²) in [5.74, 6) is -0.0289. The molecule has 0 atom stereocenters. The molecule has 0 saturated carbocycles. The molecule has 1 aromatic carbocycles. The van der Waals surface area contributed by atoms with Gasteiger partial charge < -0.3 is 4.90 Å². The summed E-state index contributed by atoms with van der Waals surface area (Å²) in [6, 6.07) is 8.07. The van der Waals surface area contributed by atoms with Gasteiger partial charge in [0.15, 0.2) is 0 Å². The predicted octanol–water partition coefficient (Wildman–Crippen LogP) is 3.73. The number of hydrogen-bond donors (Lipinski definition) is 0. The number of hydrogen-bond acceptors (Lipinski definition) is 2. The fourth-order valence-corrected chi connectivity index (χ4v) is 2.46. The molecule has 0 saturated heterocycles. The number of aromatic nitrogens is 1. The highest BCUT2D eigenvalue weighted by atomic mass is 79.9. The number of pyridine rings is 1. The molecule has 0 spiro atoms. The van der Waals surface area contributed by atoms with E-state index in [2.05, 4.69) is 53.0 Å². The van der Waals surface area contributed by atoms with E-state index in [9.17, 15) is 4.79 Å². The fraction of sp³-hybridized carbons (Fsp3) is 0.250. The molecule has 20 heavy (non-hydrogen) atoms. The molecule has 0 unspecified atom stereocenters. The molecular weight excluding hydrogens is 316 g/mol. The number of benzene rings is 1. The van der Waals surface area contributed by atoms with E-state index in [1.54, 1.807) is 23.4 Å². The van der Waals surface area contributed by atoms with E-state index >= 15 is 0 Å². The van der Waals surface area contributed by atoms with E-state index in [1.165, 1.54) is 11.1 Å². The van der Waals surface area contributed by atoms with Crippen LogP contribution in [-0.4, -0.2) is 22.8 Å². The summed E-state index contributed by atoms with van der Waals surface area (Å²) in [5, 5.41) is 0. The third kappa shape index (κ3) is 3.45. The first kappa shape index (κ1) is 14.7. The molecule has 0 N–H and O–H groups in total. The monoisotopic (exact) mass is 332 g/mol. The summed E-state index contributed by atoms with van der Waals surface area (Å²) in [4.78, 5) is 18.1. The van der Waals surface area contributed by atoms with Crippen molar-refractivity contribution in [2.24, 2.45) is 0 Å². The zero-order chi connectivity index (χ0) is 14.7. The number of rotatable bonds is 3. The number of aryl methyl sites for hydroxylation is 2. The van der Waals surface area contributed by atoms with Crippen LogP contribution in [0, 0.1) is 13.8 Å². The standard InChI is InChI=1S/C16H17BrN2O/c1-11-4-5-13(12(2)6-11)10-19(3)16(20)14-7-15(17)9-18-8-14/h4-9H,10H2,1-3H3. The van der Waals surface area contributed by atoms with Gasteiger partial charge in [-0.05, 0) is 47.0 Å².